The van der Waals surface area contributed by atoms with Crippen molar-refractivity contribution in [1.29, 1.82) is 0 Å². The Hall–Kier alpha value is -1.70. The molecular formula is C14H21NO3. The zero-order valence-corrected chi connectivity index (χ0v) is 11.0. The number of hydrogen-bond acceptors (Lipinski definition) is 3. The molecule has 1 aromatic carbocycles. The van der Waals surface area contributed by atoms with Crippen LogP contribution < -0.4 is 0 Å². The number of nitrogens with zero attached hydrogens (tertiary/aromatic N) is 1. The number of aliphatic hydroxyl groups is 2. The molecule has 0 aliphatic carbocycles. The van der Waals surface area contributed by atoms with Gasteiger partial charge in [-0.1, -0.05) is 37.3 Å². The van der Waals surface area contributed by atoms with Gasteiger partial charge in [0.15, 0.2) is 0 Å². The Morgan fingerprint density at radius 2 is 1.67 bits per heavy atom. The number of Topliss-reactive ketones (excluding diaryl/α,β-unsaturated/α-hetero) is 1. The summed E-state index contributed by atoms with van der Waals surface area (Å²) in [5, 5.41) is 15.4. The highest BCUT2D eigenvalue weighted by Crippen LogP contribution is 1.99. The molecule has 0 amide bonds. The molecule has 0 heterocycles. The Morgan fingerprint density at radius 1 is 1.22 bits per heavy atom. The first-order valence-electron chi connectivity index (χ1n) is 5.80. The summed E-state index contributed by atoms with van der Waals surface area (Å²) in [6.07, 6.45) is 0.875. The highest BCUT2D eigenvalue weighted by Gasteiger charge is 2.05. The van der Waals surface area contributed by atoms with Crippen molar-refractivity contribution in [3.63, 3.8) is 0 Å². The maximum absolute atomic E-state index is 11.0. The van der Waals surface area contributed by atoms with Crippen LogP contribution in [0.1, 0.15) is 30.6 Å². The van der Waals surface area contributed by atoms with Gasteiger partial charge in [0, 0.05) is 18.8 Å². The molecule has 0 aliphatic rings. The third kappa shape index (κ3) is 12.4. The second kappa shape index (κ2) is 15.3. The number of hydrogen-bond donors (Lipinski definition) is 2. The molecule has 0 spiro atoms. The Bertz CT molecular complexity index is 329. The molecule has 1 aromatic rings. The summed E-state index contributed by atoms with van der Waals surface area (Å²) in [5.41, 5.74) is 0.614. The summed E-state index contributed by atoms with van der Waals surface area (Å²) in [7, 11) is 0. The van der Waals surface area contributed by atoms with Crippen LogP contribution in [-0.4, -0.2) is 35.8 Å². The molecule has 1 rings (SSSR count). The van der Waals surface area contributed by atoms with E-state index in [0.717, 1.165) is 6.42 Å². The van der Waals surface area contributed by atoms with Gasteiger partial charge < -0.3 is 15.1 Å². The van der Waals surface area contributed by atoms with Crippen molar-refractivity contribution in [3.05, 3.63) is 47.3 Å². The van der Waals surface area contributed by atoms with Crippen LogP contribution in [0.4, 0.5) is 0 Å². The number of rotatable bonds is 3. The minimum atomic E-state index is -0.111. The molecule has 18 heavy (non-hydrogen) atoms. The van der Waals surface area contributed by atoms with Gasteiger partial charge >= 0.3 is 0 Å². The Morgan fingerprint density at radius 3 is 2.00 bits per heavy atom. The maximum atomic E-state index is 11.0. The van der Waals surface area contributed by atoms with Gasteiger partial charge in [0.25, 0.3) is 6.54 Å². The molecule has 0 unspecified atom stereocenters. The standard InChI is InChI=1S/C9H7NO.C3H8O.C2H6O/c1-10-7-9(11)8-5-3-2-4-6-8;1-2-3-4;1-2-3/h2-6H,7H2;4H,2-3H2,1H3;3H,2H2,1H3. The van der Waals surface area contributed by atoms with E-state index in [2.05, 4.69) is 4.85 Å². The molecule has 4 heteroatoms. The van der Waals surface area contributed by atoms with Crippen molar-refractivity contribution in [3.8, 4) is 0 Å². The molecule has 0 saturated carbocycles. The topological polar surface area (TPSA) is 61.9 Å². The van der Waals surface area contributed by atoms with E-state index in [1.165, 1.54) is 0 Å². The summed E-state index contributed by atoms with van der Waals surface area (Å²) < 4.78 is 0. The highest BCUT2D eigenvalue weighted by molar-refractivity contribution is 5.98. The van der Waals surface area contributed by atoms with Crippen molar-refractivity contribution in [2.75, 3.05) is 19.8 Å². The van der Waals surface area contributed by atoms with E-state index in [9.17, 15) is 4.79 Å². The molecule has 0 radical (unpaired) electrons. The molecule has 0 bridgehead atoms. The second-order valence-electron chi connectivity index (χ2n) is 3.15. The number of aliphatic hydroxyl groups excluding tert-OH is 2. The quantitative estimate of drug-likeness (QED) is 0.639. The van der Waals surface area contributed by atoms with Gasteiger partial charge in [-0.15, -0.1) is 0 Å². The third-order valence-electron chi connectivity index (χ3n) is 1.54. The van der Waals surface area contributed by atoms with Gasteiger partial charge in [-0.2, -0.15) is 0 Å². The van der Waals surface area contributed by atoms with E-state index in [1.807, 2.05) is 13.0 Å². The predicted molar refractivity (Wildman–Crippen MR) is 72.4 cm³/mol. The van der Waals surface area contributed by atoms with Crippen molar-refractivity contribution >= 4 is 5.78 Å². The molecule has 0 aliphatic heterocycles. The lowest BCUT2D eigenvalue weighted by Gasteiger charge is -1.90. The number of ketones is 1. The molecule has 0 atom stereocenters. The number of benzene rings is 1. The van der Waals surface area contributed by atoms with E-state index in [-0.39, 0.29) is 18.9 Å². The van der Waals surface area contributed by atoms with Crippen LogP contribution in [0.5, 0.6) is 0 Å². The van der Waals surface area contributed by atoms with E-state index in [1.54, 1.807) is 31.2 Å². The minimum Gasteiger partial charge on any atom is -0.397 e. The van der Waals surface area contributed by atoms with Crippen LogP contribution in [0.25, 0.3) is 4.85 Å². The fraction of sp³-hybridized carbons (Fsp3) is 0.429. The van der Waals surface area contributed by atoms with Gasteiger partial charge in [0.2, 0.25) is 5.78 Å². The Labute approximate surface area is 109 Å². The molecule has 0 fully saturated rings. The van der Waals surface area contributed by atoms with Gasteiger partial charge in [-0.05, 0) is 13.3 Å². The summed E-state index contributed by atoms with van der Waals surface area (Å²) >= 11 is 0. The Balaban J connectivity index is 0. The van der Waals surface area contributed by atoms with Crippen LogP contribution in [0.15, 0.2) is 30.3 Å². The lowest BCUT2D eigenvalue weighted by atomic mass is 10.1. The SMILES string of the molecule is CCCO.CCO.[C-]#[N+]CC(=O)c1ccccc1. The lowest BCUT2D eigenvalue weighted by Crippen LogP contribution is -2.00. The van der Waals surface area contributed by atoms with Crippen LogP contribution in [0.2, 0.25) is 0 Å². The summed E-state index contributed by atoms with van der Waals surface area (Å²) in [4.78, 5) is 14.0. The smallest absolute Gasteiger partial charge is 0.276 e. The first-order valence-corrected chi connectivity index (χ1v) is 5.80. The molecule has 100 valence electrons. The summed E-state index contributed by atoms with van der Waals surface area (Å²) in [5.74, 6) is -0.111. The Kier molecular flexibility index (Phi) is 15.9. The monoisotopic (exact) mass is 251 g/mol. The van der Waals surface area contributed by atoms with Crippen LogP contribution in [-0.2, 0) is 0 Å². The van der Waals surface area contributed by atoms with Crippen molar-refractivity contribution in [2.45, 2.75) is 20.3 Å². The molecule has 2 N–H and O–H groups in total. The summed E-state index contributed by atoms with van der Waals surface area (Å²) in [6, 6.07) is 8.85. The van der Waals surface area contributed by atoms with Gasteiger partial charge in [-0.3, -0.25) is 4.79 Å². The van der Waals surface area contributed by atoms with Gasteiger partial charge in [0.1, 0.15) is 0 Å². The fourth-order valence-corrected chi connectivity index (χ4v) is 0.787. The maximum Gasteiger partial charge on any atom is 0.276 e. The third-order valence-corrected chi connectivity index (χ3v) is 1.54. The first kappa shape index (κ1) is 18.7. The molecule has 0 aromatic heterocycles. The average Bonchev–Trinajstić information content (AvgIpc) is 2.41. The zero-order valence-electron chi connectivity index (χ0n) is 11.0. The minimum absolute atomic E-state index is 0.0516. The number of carbonyl (C=O) groups excluding carboxylic acids is 1. The largest absolute Gasteiger partial charge is 0.397 e. The van der Waals surface area contributed by atoms with Crippen LogP contribution >= 0.6 is 0 Å². The molecule has 0 saturated heterocycles. The first-order chi connectivity index (χ1) is 8.67. The van der Waals surface area contributed by atoms with Crippen molar-refractivity contribution < 1.29 is 15.0 Å². The van der Waals surface area contributed by atoms with E-state index >= 15 is 0 Å². The molecular weight excluding hydrogens is 230 g/mol. The van der Waals surface area contributed by atoms with Crippen molar-refractivity contribution in [2.24, 2.45) is 0 Å². The molecule has 4 nitrogen and oxygen atoms in total. The van der Waals surface area contributed by atoms with E-state index in [0.29, 0.717) is 12.2 Å². The number of carbonyl (C=O) groups is 1. The average molecular weight is 251 g/mol. The van der Waals surface area contributed by atoms with Crippen LogP contribution in [0, 0.1) is 6.57 Å². The fourth-order valence-electron chi connectivity index (χ4n) is 0.787. The second-order valence-corrected chi connectivity index (χ2v) is 3.15. The zero-order chi connectivity index (χ0) is 14.2. The van der Waals surface area contributed by atoms with Gasteiger partial charge in [-0.25, -0.2) is 6.57 Å². The predicted octanol–water partition coefficient (Wildman–Crippen LogP) is 2.18. The normalized spacial score (nSPS) is 7.94. The van der Waals surface area contributed by atoms with E-state index < -0.39 is 0 Å². The summed E-state index contributed by atoms with van der Waals surface area (Å²) in [6.45, 7) is 10.6. The van der Waals surface area contributed by atoms with E-state index in [4.69, 9.17) is 16.8 Å². The highest BCUT2D eigenvalue weighted by atomic mass is 16.3. The van der Waals surface area contributed by atoms with Gasteiger partial charge in [0.05, 0.1) is 0 Å². The van der Waals surface area contributed by atoms with Crippen LogP contribution in [0.3, 0.4) is 0 Å². The lowest BCUT2D eigenvalue weighted by molar-refractivity contribution is 0.101. The van der Waals surface area contributed by atoms with Crippen molar-refractivity contribution in [1.82, 2.24) is 0 Å².